The Morgan fingerprint density at radius 3 is 3.08 bits per heavy atom. The van der Waals surface area contributed by atoms with Crippen LogP contribution < -0.4 is 5.32 Å². The number of nitrogens with one attached hydrogen (secondary N) is 1. The number of nitrogens with zero attached hydrogens (tertiary/aromatic N) is 1. The molecule has 0 atom stereocenters. The molecule has 4 heteroatoms. The number of pyridine rings is 1. The summed E-state index contributed by atoms with van der Waals surface area (Å²) in [5.74, 6) is -0.167. The molecule has 0 bridgehead atoms. The van der Waals surface area contributed by atoms with Crippen LogP contribution in [0.1, 0.15) is 23.7 Å². The van der Waals surface area contributed by atoms with Crippen LogP contribution in [-0.4, -0.2) is 17.4 Å². The van der Waals surface area contributed by atoms with Crippen molar-refractivity contribution in [2.45, 2.75) is 13.3 Å². The Labute approximate surface area is 82.1 Å². The fraction of sp³-hybridized carbons (Fsp3) is 0.333. The Kier molecular flexibility index (Phi) is 3.71. The maximum atomic E-state index is 11.4. The number of rotatable bonds is 3. The molecule has 0 aliphatic carbocycles. The predicted molar refractivity (Wildman–Crippen MR) is 51.9 cm³/mol. The predicted octanol–water partition coefficient (Wildman–Crippen LogP) is 1.87. The molecule has 0 saturated carbocycles. The summed E-state index contributed by atoms with van der Waals surface area (Å²) in [6.45, 7) is 2.65. The van der Waals surface area contributed by atoms with Gasteiger partial charge in [0.1, 0.15) is 0 Å². The van der Waals surface area contributed by atoms with Gasteiger partial charge in [0.05, 0.1) is 10.6 Å². The first kappa shape index (κ1) is 9.99. The van der Waals surface area contributed by atoms with Gasteiger partial charge >= 0.3 is 0 Å². The van der Waals surface area contributed by atoms with E-state index in [0.717, 1.165) is 6.42 Å². The van der Waals surface area contributed by atoms with Crippen molar-refractivity contribution in [2.75, 3.05) is 6.54 Å². The summed E-state index contributed by atoms with van der Waals surface area (Å²) >= 11 is 5.80. The summed E-state index contributed by atoms with van der Waals surface area (Å²) in [6, 6.07) is 1.60. The zero-order valence-corrected chi connectivity index (χ0v) is 8.14. The van der Waals surface area contributed by atoms with Crippen LogP contribution in [0.25, 0.3) is 0 Å². The molecular formula is C9H11ClN2O. The van der Waals surface area contributed by atoms with Crippen LogP contribution in [0.3, 0.4) is 0 Å². The van der Waals surface area contributed by atoms with Crippen molar-refractivity contribution < 1.29 is 4.79 Å². The minimum Gasteiger partial charge on any atom is -0.352 e. The smallest absolute Gasteiger partial charge is 0.254 e. The quantitative estimate of drug-likeness (QED) is 0.806. The second-order valence-corrected chi connectivity index (χ2v) is 3.02. The molecule has 3 nitrogen and oxygen atoms in total. The second kappa shape index (κ2) is 4.82. The molecule has 1 N–H and O–H groups in total. The van der Waals surface area contributed by atoms with Gasteiger partial charge in [-0.1, -0.05) is 18.5 Å². The van der Waals surface area contributed by atoms with Crippen molar-refractivity contribution in [3.05, 3.63) is 29.0 Å². The molecular weight excluding hydrogens is 188 g/mol. The van der Waals surface area contributed by atoms with E-state index < -0.39 is 0 Å². The van der Waals surface area contributed by atoms with Crippen LogP contribution >= 0.6 is 11.6 Å². The van der Waals surface area contributed by atoms with Gasteiger partial charge in [0, 0.05) is 18.9 Å². The standard InChI is InChI=1S/C9H11ClN2O/c1-2-4-12-9(13)7-6-11-5-3-8(7)10/h3,5-6H,2,4H2,1H3,(H,12,13). The topological polar surface area (TPSA) is 42.0 Å². The first-order valence-electron chi connectivity index (χ1n) is 4.13. The van der Waals surface area contributed by atoms with Gasteiger partial charge in [0.15, 0.2) is 0 Å². The van der Waals surface area contributed by atoms with Crippen molar-refractivity contribution in [3.8, 4) is 0 Å². The SMILES string of the molecule is CCCNC(=O)c1cnccc1Cl. The largest absolute Gasteiger partial charge is 0.352 e. The van der Waals surface area contributed by atoms with Gasteiger partial charge in [-0.15, -0.1) is 0 Å². The summed E-state index contributed by atoms with van der Waals surface area (Å²) in [4.78, 5) is 15.2. The van der Waals surface area contributed by atoms with E-state index in [0.29, 0.717) is 17.1 Å². The number of halogens is 1. The Morgan fingerprint density at radius 2 is 2.46 bits per heavy atom. The molecule has 1 heterocycles. The monoisotopic (exact) mass is 198 g/mol. The molecule has 70 valence electrons. The molecule has 0 unspecified atom stereocenters. The minimum atomic E-state index is -0.167. The van der Waals surface area contributed by atoms with Crippen molar-refractivity contribution in [1.82, 2.24) is 10.3 Å². The second-order valence-electron chi connectivity index (χ2n) is 2.61. The van der Waals surface area contributed by atoms with Gasteiger partial charge < -0.3 is 5.32 Å². The zero-order chi connectivity index (χ0) is 9.68. The van der Waals surface area contributed by atoms with E-state index in [1.807, 2.05) is 6.92 Å². The molecule has 0 saturated heterocycles. The molecule has 1 aromatic rings. The fourth-order valence-electron chi connectivity index (χ4n) is 0.878. The molecule has 0 spiro atoms. The van der Waals surface area contributed by atoms with Crippen molar-refractivity contribution in [2.24, 2.45) is 0 Å². The Hall–Kier alpha value is -1.09. The summed E-state index contributed by atoms with van der Waals surface area (Å²) < 4.78 is 0. The first-order valence-corrected chi connectivity index (χ1v) is 4.51. The molecule has 0 aliphatic rings. The highest BCUT2D eigenvalue weighted by molar-refractivity contribution is 6.33. The molecule has 1 rings (SSSR count). The van der Waals surface area contributed by atoms with Crippen molar-refractivity contribution >= 4 is 17.5 Å². The van der Waals surface area contributed by atoms with Gasteiger partial charge in [-0.3, -0.25) is 9.78 Å². The molecule has 0 radical (unpaired) electrons. The van der Waals surface area contributed by atoms with Crippen LogP contribution in [-0.2, 0) is 0 Å². The van der Waals surface area contributed by atoms with Gasteiger partial charge in [-0.25, -0.2) is 0 Å². The Morgan fingerprint density at radius 1 is 1.69 bits per heavy atom. The van der Waals surface area contributed by atoms with Gasteiger partial charge in [-0.2, -0.15) is 0 Å². The number of hydrogen-bond acceptors (Lipinski definition) is 2. The number of carbonyl (C=O) groups excluding carboxylic acids is 1. The lowest BCUT2D eigenvalue weighted by Crippen LogP contribution is -2.24. The average Bonchev–Trinajstić information content (AvgIpc) is 2.15. The lowest BCUT2D eigenvalue weighted by atomic mass is 10.2. The van der Waals surface area contributed by atoms with Crippen LogP contribution in [0.5, 0.6) is 0 Å². The highest BCUT2D eigenvalue weighted by atomic mass is 35.5. The fourth-order valence-corrected chi connectivity index (χ4v) is 1.07. The van der Waals surface area contributed by atoms with E-state index in [2.05, 4.69) is 10.3 Å². The molecule has 1 aromatic heterocycles. The van der Waals surface area contributed by atoms with Crippen LogP contribution in [0.2, 0.25) is 5.02 Å². The highest BCUT2D eigenvalue weighted by Crippen LogP contribution is 2.12. The van der Waals surface area contributed by atoms with E-state index in [-0.39, 0.29) is 5.91 Å². The molecule has 13 heavy (non-hydrogen) atoms. The normalized spacial score (nSPS) is 9.69. The number of carbonyl (C=O) groups is 1. The molecule has 0 aliphatic heterocycles. The summed E-state index contributed by atoms with van der Waals surface area (Å²) in [6.07, 6.45) is 3.93. The van der Waals surface area contributed by atoms with Crippen molar-refractivity contribution in [3.63, 3.8) is 0 Å². The Bertz CT molecular complexity index is 301. The van der Waals surface area contributed by atoms with E-state index in [1.54, 1.807) is 12.3 Å². The Balaban J connectivity index is 2.71. The van der Waals surface area contributed by atoms with Crippen LogP contribution in [0, 0.1) is 0 Å². The average molecular weight is 199 g/mol. The first-order chi connectivity index (χ1) is 6.25. The maximum Gasteiger partial charge on any atom is 0.254 e. The molecule has 1 amide bonds. The minimum absolute atomic E-state index is 0.167. The third-order valence-electron chi connectivity index (χ3n) is 1.55. The van der Waals surface area contributed by atoms with Crippen LogP contribution in [0.4, 0.5) is 0 Å². The van der Waals surface area contributed by atoms with E-state index in [4.69, 9.17) is 11.6 Å². The molecule has 0 aromatic carbocycles. The summed E-state index contributed by atoms with van der Waals surface area (Å²) in [5.41, 5.74) is 0.428. The summed E-state index contributed by atoms with van der Waals surface area (Å²) in [5, 5.41) is 3.16. The maximum absolute atomic E-state index is 11.4. The van der Waals surface area contributed by atoms with Gasteiger partial charge in [0.25, 0.3) is 5.91 Å². The lowest BCUT2D eigenvalue weighted by molar-refractivity contribution is 0.0953. The van der Waals surface area contributed by atoms with E-state index >= 15 is 0 Å². The third kappa shape index (κ3) is 2.70. The van der Waals surface area contributed by atoms with E-state index in [9.17, 15) is 4.79 Å². The lowest BCUT2D eigenvalue weighted by Gasteiger charge is -2.03. The van der Waals surface area contributed by atoms with E-state index in [1.165, 1.54) is 6.20 Å². The van der Waals surface area contributed by atoms with Crippen molar-refractivity contribution in [1.29, 1.82) is 0 Å². The molecule has 0 fully saturated rings. The number of hydrogen-bond donors (Lipinski definition) is 1. The number of amides is 1. The van der Waals surface area contributed by atoms with Crippen LogP contribution in [0.15, 0.2) is 18.5 Å². The van der Waals surface area contributed by atoms with Gasteiger partial charge in [-0.05, 0) is 12.5 Å². The highest BCUT2D eigenvalue weighted by Gasteiger charge is 2.08. The zero-order valence-electron chi connectivity index (χ0n) is 7.38. The summed E-state index contributed by atoms with van der Waals surface area (Å²) in [7, 11) is 0. The third-order valence-corrected chi connectivity index (χ3v) is 1.88. The van der Waals surface area contributed by atoms with Gasteiger partial charge in [0.2, 0.25) is 0 Å². The number of aromatic nitrogens is 1.